The Morgan fingerprint density at radius 2 is 1.56 bits per heavy atom. The summed E-state index contributed by atoms with van der Waals surface area (Å²) in [7, 11) is 0. The van der Waals surface area contributed by atoms with Crippen LogP contribution < -0.4 is 0 Å². The summed E-state index contributed by atoms with van der Waals surface area (Å²) in [6.07, 6.45) is 1.78. The molecule has 0 heterocycles. The molecule has 0 aromatic carbocycles. The topological polar surface area (TPSA) is 44.8 Å². The van der Waals surface area contributed by atoms with Crippen molar-refractivity contribution >= 4 is 5.97 Å². The van der Waals surface area contributed by atoms with Crippen LogP contribution in [0, 0.1) is 10.8 Å². The second-order valence-corrected chi connectivity index (χ2v) is 5.98. The smallest absolute Gasteiger partial charge is 0.311 e. The number of hydrogen-bond donors (Lipinski definition) is 0. The Morgan fingerprint density at radius 1 is 0.944 bits per heavy atom. The van der Waals surface area contributed by atoms with Gasteiger partial charge < -0.3 is 4.74 Å². The monoisotopic (exact) mass is 260 g/mol. The minimum Gasteiger partial charge on any atom is -0.463 e. The summed E-state index contributed by atoms with van der Waals surface area (Å²) >= 11 is 0. The fraction of sp³-hybridized carbons (Fsp3) is 0.929. The molecule has 0 saturated heterocycles. The maximum atomic E-state index is 11.6. The van der Waals surface area contributed by atoms with Gasteiger partial charge in [0.2, 0.25) is 0 Å². The molecule has 0 rings (SSSR count). The molecule has 0 saturated carbocycles. The van der Waals surface area contributed by atoms with Crippen LogP contribution in [0.15, 0.2) is 0 Å². The quantitative estimate of drug-likeness (QED) is 0.276. The van der Waals surface area contributed by atoms with Gasteiger partial charge in [-0.05, 0) is 32.1 Å². The lowest BCUT2D eigenvalue weighted by Crippen LogP contribution is -2.27. The Bertz CT molecular complexity index is 246. The minimum atomic E-state index is -0.426. The first-order valence-electron chi connectivity index (χ1n) is 6.67. The zero-order valence-corrected chi connectivity index (χ0v) is 12.7. The van der Waals surface area contributed by atoms with Crippen LogP contribution in [0.5, 0.6) is 0 Å². The molecule has 0 amide bonds. The SMILES string of the molecule is CCC(C)(C)COOCCOC(=O)C(C)(C)CC. The number of ether oxygens (including phenoxy) is 1. The summed E-state index contributed by atoms with van der Waals surface area (Å²) in [5, 5.41) is 0. The molecule has 4 heteroatoms. The van der Waals surface area contributed by atoms with Crippen molar-refractivity contribution in [2.75, 3.05) is 19.8 Å². The number of carbonyl (C=O) groups is 1. The third-order valence-electron chi connectivity index (χ3n) is 3.33. The van der Waals surface area contributed by atoms with Gasteiger partial charge in [0.1, 0.15) is 13.2 Å². The molecule has 0 radical (unpaired) electrons. The fourth-order valence-electron chi connectivity index (χ4n) is 0.870. The van der Waals surface area contributed by atoms with Crippen molar-refractivity contribution in [2.24, 2.45) is 10.8 Å². The lowest BCUT2D eigenvalue weighted by Gasteiger charge is -2.22. The molecular formula is C14H28O4. The second-order valence-electron chi connectivity index (χ2n) is 5.98. The zero-order chi connectivity index (χ0) is 14.2. The Morgan fingerprint density at radius 3 is 2.06 bits per heavy atom. The standard InChI is InChI=1S/C14H28O4/c1-7-13(3,4)11-18-17-10-9-16-12(15)14(5,6)8-2/h7-11H2,1-6H3. The van der Waals surface area contributed by atoms with Gasteiger partial charge in [-0.2, -0.15) is 0 Å². The van der Waals surface area contributed by atoms with Gasteiger partial charge in [-0.15, -0.1) is 0 Å². The molecule has 0 fully saturated rings. The maximum Gasteiger partial charge on any atom is 0.311 e. The number of hydrogen-bond acceptors (Lipinski definition) is 4. The van der Waals surface area contributed by atoms with E-state index in [9.17, 15) is 4.79 Å². The average Bonchev–Trinajstić information content (AvgIpc) is 2.33. The van der Waals surface area contributed by atoms with Gasteiger partial charge in [-0.3, -0.25) is 4.79 Å². The van der Waals surface area contributed by atoms with Crippen molar-refractivity contribution in [1.29, 1.82) is 0 Å². The highest BCUT2D eigenvalue weighted by Crippen LogP contribution is 2.21. The molecule has 0 aliphatic heterocycles. The molecule has 0 aliphatic rings. The Hall–Kier alpha value is -0.610. The van der Waals surface area contributed by atoms with Gasteiger partial charge in [0, 0.05) is 0 Å². The Kier molecular flexibility index (Phi) is 7.48. The van der Waals surface area contributed by atoms with Gasteiger partial charge in [-0.25, -0.2) is 9.78 Å². The molecular weight excluding hydrogens is 232 g/mol. The van der Waals surface area contributed by atoms with E-state index < -0.39 is 5.41 Å². The van der Waals surface area contributed by atoms with Crippen molar-refractivity contribution in [3.8, 4) is 0 Å². The molecule has 0 aromatic rings. The van der Waals surface area contributed by atoms with Gasteiger partial charge in [-0.1, -0.05) is 27.7 Å². The molecule has 0 unspecified atom stereocenters. The molecule has 108 valence electrons. The summed E-state index contributed by atoms with van der Waals surface area (Å²) in [4.78, 5) is 21.7. The van der Waals surface area contributed by atoms with E-state index in [0.717, 1.165) is 12.8 Å². The van der Waals surface area contributed by atoms with E-state index in [0.29, 0.717) is 6.61 Å². The summed E-state index contributed by atoms with van der Waals surface area (Å²) in [5.74, 6) is -0.192. The van der Waals surface area contributed by atoms with Crippen molar-refractivity contribution in [3.05, 3.63) is 0 Å². The predicted octanol–water partition coefficient (Wildman–Crippen LogP) is 3.35. The lowest BCUT2D eigenvalue weighted by molar-refractivity contribution is -0.311. The first kappa shape index (κ1) is 17.4. The van der Waals surface area contributed by atoms with Crippen molar-refractivity contribution in [2.45, 2.75) is 54.4 Å². The van der Waals surface area contributed by atoms with E-state index in [2.05, 4.69) is 20.8 Å². The van der Waals surface area contributed by atoms with Crippen LogP contribution in [0.4, 0.5) is 0 Å². The van der Waals surface area contributed by atoms with Gasteiger partial charge >= 0.3 is 5.97 Å². The first-order valence-corrected chi connectivity index (χ1v) is 6.67. The van der Waals surface area contributed by atoms with E-state index in [1.54, 1.807) is 0 Å². The van der Waals surface area contributed by atoms with Gasteiger partial charge in [0.15, 0.2) is 0 Å². The summed E-state index contributed by atoms with van der Waals surface area (Å²) in [6.45, 7) is 13.1. The van der Waals surface area contributed by atoms with Crippen LogP contribution in [0.1, 0.15) is 54.4 Å². The molecule has 0 N–H and O–H groups in total. The van der Waals surface area contributed by atoms with Gasteiger partial charge in [0.25, 0.3) is 0 Å². The molecule has 4 nitrogen and oxygen atoms in total. The minimum absolute atomic E-state index is 0.112. The molecule has 0 bridgehead atoms. The highest BCUT2D eigenvalue weighted by molar-refractivity contribution is 5.75. The highest BCUT2D eigenvalue weighted by atomic mass is 17.2. The predicted molar refractivity (Wildman–Crippen MR) is 71.0 cm³/mol. The highest BCUT2D eigenvalue weighted by Gasteiger charge is 2.26. The van der Waals surface area contributed by atoms with Crippen LogP contribution in [-0.4, -0.2) is 25.8 Å². The van der Waals surface area contributed by atoms with E-state index in [-0.39, 0.29) is 24.6 Å². The molecule has 0 atom stereocenters. The average molecular weight is 260 g/mol. The number of carbonyl (C=O) groups excluding carboxylic acids is 1. The van der Waals surface area contributed by atoms with Crippen molar-refractivity contribution < 1.29 is 19.3 Å². The third kappa shape index (κ3) is 6.97. The fourth-order valence-corrected chi connectivity index (χ4v) is 0.870. The van der Waals surface area contributed by atoms with E-state index >= 15 is 0 Å². The zero-order valence-electron chi connectivity index (χ0n) is 12.7. The summed E-state index contributed by atoms with van der Waals surface area (Å²) in [5.41, 5.74) is -0.314. The molecule has 0 aromatic heterocycles. The van der Waals surface area contributed by atoms with Crippen molar-refractivity contribution in [3.63, 3.8) is 0 Å². The largest absolute Gasteiger partial charge is 0.463 e. The van der Waals surface area contributed by atoms with Crippen LogP contribution in [0.3, 0.4) is 0 Å². The van der Waals surface area contributed by atoms with E-state index in [1.807, 2.05) is 20.8 Å². The first-order chi connectivity index (χ1) is 8.25. The van der Waals surface area contributed by atoms with Crippen molar-refractivity contribution in [1.82, 2.24) is 0 Å². The third-order valence-corrected chi connectivity index (χ3v) is 3.33. The van der Waals surface area contributed by atoms with Crippen LogP contribution in [-0.2, 0) is 19.3 Å². The van der Waals surface area contributed by atoms with Gasteiger partial charge in [0.05, 0.1) is 12.0 Å². The Balaban J connectivity index is 3.61. The number of rotatable bonds is 9. The Labute approximate surface area is 111 Å². The molecule has 0 spiro atoms. The lowest BCUT2D eigenvalue weighted by atomic mass is 9.91. The summed E-state index contributed by atoms with van der Waals surface area (Å²) in [6, 6.07) is 0. The van der Waals surface area contributed by atoms with Crippen LogP contribution in [0.25, 0.3) is 0 Å². The maximum absolute atomic E-state index is 11.6. The normalized spacial score (nSPS) is 12.6. The number of esters is 1. The molecule has 18 heavy (non-hydrogen) atoms. The second kappa shape index (κ2) is 7.74. The van der Waals surface area contributed by atoms with E-state index in [1.165, 1.54) is 0 Å². The van der Waals surface area contributed by atoms with E-state index in [4.69, 9.17) is 14.5 Å². The van der Waals surface area contributed by atoms with Crippen LogP contribution >= 0.6 is 0 Å². The summed E-state index contributed by atoms with van der Waals surface area (Å²) < 4.78 is 5.11. The van der Waals surface area contributed by atoms with Crippen LogP contribution in [0.2, 0.25) is 0 Å². The molecule has 0 aliphatic carbocycles.